The fourth-order valence-electron chi connectivity index (χ4n) is 4.11. The van der Waals surface area contributed by atoms with Gasteiger partial charge < -0.3 is 14.7 Å². The zero-order chi connectivity index (χ0) is 18.6. The normalized spacial score (nSPS) is 20.6. The van der Waals surface area contributed by atoms with Gasteiger partial charge in [-0.25, -0.2) is 4.98 Å². The van der Waals surface area contributed by atoms with E-state index in [1.54, 1.807) is 6.20 Å². The zero-order valence-corrected chi connectivity index (χ0v) is 16.1. The second kappa shape index (κ2) is 7.99. The van der Waals surface area contributed by atoms with E-state index in [1.807, 2.05) is 23.1 Å². The summed E-state index contributed by atoms with van der Waals surface area (Å²) in [7, 11) is 0. The van der Waals surface area contributed by atoms with Gasteiger partial charge >= 0.3 is 0 Å². The number of aromatic nitrogens is 1. The number of carbonyl (C=O) groups excluding carboxylic acids is 1. The van der Waals surface area contributed by atoms with Gasteiger partial charge in [0.05, 0.1) is 0 Å². The van der Waals surface area contributed by atoms with Crippen molar-refractivity contribution < 1.29 is 4.79 Å². The van der Waals surface area contributed by atoms with Gasteiger partial charge in [0.1, 0.15) is 5.82 Å². The Labute approximate surface area is 161 Å². The maximum atomic E-state index is 13.0. The summed E-state index contributed by atoms with van der Waals surface area (Å²) in [4.78, 5) is 24.2. The number of benzene rings is 1. The summed E-state index contributed by atoms with van der Waals surface area (Å²) in [5.74, 6) is 1.75. The second-order valence-corrected chi connectivity index (χ2v) is 7.71. The van der Waals surface area contributed by atoms with Crippen LogP contribution in [0.5, 0.6) is 0 Å². The molecule has 0 saturated carbocycles. The largest absolute Gasteiger partial charge is 0.368 e. The Morgan fingerprint density at radius 2 is 1.78 bits per heavy atom. The van der Waals surface area contributed by atoms with Gasteiger partial charge in [-0.3, -0.25) is 4.79 Å². The molecule has 4 rings (SSSR count). The third-order valence-corrected chi connectivity index (χ3v) is 5.66. The predicted molar refractivity (Wildman–Crippen MR) is 109 cm³/mol. The molecule has 142 valence electrons. The molecule has 1 atom stereocenters. The van der Waals surface area contributed by atoms with Crippen LogP contribution in [0.4, 0.5) is 11.5 Å². The van der Waals surface area contributed by atoms with E-state index in [-0.39, 0.29) is 5.91 Å². The molecule has 27 heavy (non-hydrogen) atoms. The Hall–Kier alpha value is -2.56. The Kier molecular flexibility index (Phi) is 5.28. The summed E-state index contributed by atoms with van der Waals surface area (Å²) in [6, 6.07) is 14.2. The van der Waals surface area contributed by atoms with E-state index in [2.05, 4.69) is 46.0 Å². The smallest absolute Gasteiger partial charge is 0.254 e. The van der Waals surface area contributed by atoms with Gasteiger partial charge in [-0.2, -0.15) is 0 Å². The highest BCUT2D eigenvalue weighted by Gasteiger charge is 2.24. The zero-order valence-electron chi connectivity index (χ0n) is 16.1. The van der Waals surface area contributed by atoms with Gasteiger partial charge in [0, 0.05) is 56.7 Å². The number of nitrogens with zero attached hydrogens (tertiary/aromatic N) is 4. The predicted octanol–water partition coefficient (Wildman–Crippen LogP) is 3.28. The minimum atomic E-state index is 0.122. The lowest BCUT2D eigenvalue weighted by Gasteiger charge is -2.36. The van der Waals surface area contributed by atoms with Crippen LogP contribution in [0.25, 0.3) is 0 Å². The molecule has 2 fully saturated rings. The van der Waals surface area contributed by atoms with Gasteiger partial charge in [-0.1, -0.05) is 25.1 Å². The van der Waals surface area contributed by atoms with Crippen molar-refractivity contribution in [2.45, 2.75) is 19.8 Å². The SMILES string of the molecule is CC1CCCN(c2cc(C(=O)N3CCN(c4ccccc4)CC3)ccn2)C1. The molecular weight excluding hydrogens is 336 g/mol. The number of rotatable bonds is 3. The van der Waals surface area contributed by atoms with Crippen molar-refractivity contribution in [2.75, 3.05) is 49.1 Å². The molecule has 2 saturated heterocycles. The van der Waals surface area contributed by atoms with Gasteiger partial charge in [0.25, 0.3) is 5.91 Å². The van der Waals surface area contributed by atoms with E-state index in [9.17, 15) is 4.79 Å². The Morgan fingerprint density at radius 1 is 1.00 bits per heavy atom. The van der Waals surface area contributed by atoms with E-state index in [1.165, 1.54) is 18.5 Å². The monoisotopic (exact) mass is 364 g/mol. The van der Waals surface area contributed by atoms with Gasteiger partial charge in [0.2, 0.25) is 0 Å². The number of para-hydroxylation sites is 1. The maximum Gasteiger partial charge on any atom is 0.254 e. The number of piperazine rings is 1. The molecule has 0 spiro atoms. The molecule has 1 aromatic carbocycles. The molecule has 2 aliphatic rings. The van der Waals surface area contributed by atoms with Gasteiger partial charge in [-0.15, -0.1) is 0 Å². The number of amides is 1. The van der Waals surface area contributed by atoms with Crippen molar-refractivity contribution in [1.29, 1.82) is 0 Å². The molecule has 0 aliphatic carbocycles. The lowest BCUT2D eigenvalue weighted by Crippen LogP contribution is -2.48. The second-order valence-electron chi connectivity index (χ2n) is 7.71. The number of anilines is 2. The lowest BCUT2D eigenvalue weighted by molar-refractivity contribution is 0.0746. The Bertz CT molecular complexity index is 771. The molecular formula is C22H28N4O. The van der Waals surface area contributed by atoms with Crippen molar-refractivity contribution in [1.82, 2.24) is 9.88 Å². The summed E-state index contributed by atoms with van der Waals surface area (Å²) >= 11 is 0. The molecule has 0 radical (unpaired) electrons. The van der Waals surface area contributed by atoms with Gasteiger partial charge in [0.15, 0.2) is 0 Å². The standard InChI is InChI=1S/C22H28N4O/c1-18-6-5-11-26(17-18)21-16-19(9-10-23-21)22(27)25-14-12-24(13-15-25)20-7-3-2-4-8-20/h2-4,7-10,16,18H,5-6,11-15,17H2,1H3. The first-order valence-electron chi connectivity index (χ1n) is 10.0. The molecule has 5 heteroatoms. The van der Waals surface area contributed by atoms with Crippen LogP contribution in [0.1, 0.15) is 30.1 Å². The Balaban J connectivity index is 1.41. The number of hydrogen-bond donors (Lipinski definition) is 0. The summed E-state index contributed by atoms with van der Waals surface area (Å²) in [6.07, 6.45) is 4.26. The van der Waals surface area contributed by atoms with Crippen LogP contribution in [-0.4, -0.2) is 55.1 Å². The lowest BCUT2D eigenvalue weighted by atomic mass is 10.0. The van der Waals surface area contributed by atoms with Crippen LogP contribution in [0.3, 0.4) is 0 Å². The quantitative estimate of drug-likeness (QED) is 0.838. The number of hydrogen-bond acceptors (Lipinski definition) is 4. The van der Waals surface area contributed by atoms with E-state index < -0.39 is 0 Å². The molecule has 2 aliphatic heterocycles. The molecule has 1 unspecified atom stereocenters. The van der Waals surface area contributed by atoms with Crippen LogP contribution < -0.4 is 9.80 Å². The first-order chi connectivity index (χ1) is 13.2. The summed E-state index contributed by atoms with van der Waals surface area (Å²) in [5.41, 5.74) is 1.99. The molecule has 2 aromatic rings. The third kappa shape index (κ3) is 4.07. The van der Waals surface area contributed by atoms with E-state index in [0.29, 0.717) is 5.92 Å². The van der Waals surface area contributed by atoms with Crippen molar-refractivity contribution >= 4 is 17.4 Å². The minimum Gasteiger partial charge on any atom is -0.368 e. The third-order valence-electron chi connectivity index (χ3n) is 5.66. The highest BCUT2D eigenvalue weighted by molar-refractivity contribution is 5.95. The van der Waals surface area contributed by atoms with Crippen molar-refractivity contribution in [3.05, 3.63) is 54.2 Å². The summed E-state index contributed by atoms with van der Waals surface area (Å²) in [5, 5.41) is 0. The number of carbonyl (C=O) groups is 1. The first kappa shape index (κ1) is 17.8. The number of piperidine rings is 1. The summed E-state index contributed by atoms with van der Waals surface area (Å²) < 4.78 is 0. The van der Waals surface area contributed by atoms with Crippen LogP contribution in [0.2, 0.25) is 0 Å². The fraction of sp³-hybridized carbons (Fsp3) is 0.455. The van der Waals surface area contributed by atoms with Crippen molar-refractivity contribution in [3.63, 3.8) is 0 Å². The van der Waals surface area contributed by atoms with Crippen molar-refractivity contribution in [3.8, 4) is 0 Å². The van der Waals surface area contributed by atoms with Crippen LogP contribution in [0, 0.1) is 5.92 Å². The summed E-state index contributed by atoms with van der Waals surface area (Å²) in [6.45, 7) is 7.60. The number of pyridine rings is 1. The van der Waals surface area contributed by atoms with E-state index >= 15 is 0 Å². The molecule has 5 nitrogen and oxygen atoms in total. The molecule has 3 heterocycles. The topological polar surface area (TPSA) is 39.7 Å². The van der Waals surface area contributed by atoms with Gasteiger partial charge in [-0.05, 0) is 43.0 Å². The highest BCUT2D eigenvalue weighted by Crippen LogP contribution is 2.23. The average Bonchev–Trinajstić information content (AvgIpc) is 2.74. The maximum absolute atomic E-state index is 13.0. The van der Waals surface area contributed by atoms with Crippen LogP contribution in [0.15, 0.2) is 48.7 Å². The molecule has 1 amide bonds. The van der Waals surface area contributed by atoms with Crippen molar-refractivity contribution in [2.24, 2.45) is 5.92 Å². The van der Waals surface area contributed by atoms with Crippen LogP contribution in [-0.2, 0) is 0 Å². The van der Waals surface area contributed by atoms with E-state index in [4.69, 9.17) is 0 Å². The highest BCUT2D eigenvalue weighted by atomic mass is 16.2. The van der Waals surface area contributed by atoms with E-state index in [0.717, 1.165) is 50.6 Å². The first-order valence-corrected chi connectivity index (χ1v) is 10.0. The Morgan fingerprint density at radius 3 is 2.52 bits per heavy atom. The minimum absolute atomic E-state index is 0.122. The molecule has 1 aromatic heterocycles. The molecule has 0 bridgehead atoms. The molecule has 0 N–H and O–H groups in total. The van der Waals surface area contributed by atoms with Crippen LogP contribution >= 0.6 is 0 Å². The average molecular weight is 364 g/mol. The fourth-order valence-corrected chi connectivity index (χ4v) is 4.11.